The highest BCUT2D eigenvalue weighted by molar-refractivity contribution is 9.10. The standard InChI is InChI=1S/C8H8BrNO2/c1-4-5(10)2-6-8(7(4)9)12-3-11-6/h2H,3,10H2,1H3. The van der Waals surface area contributed by atoms with E-state index in [2.05, 4.69) is 15.9 Å². The highest BCUT2D eigenvalue weighted by Gasteiger charge is 2.19. The zero-order chi connectivity index (χ0) is 8.72. The van der Waals surface area contributed by atoms with Gasteiger partial charge in [-0.05, 0) is 28.4 Å². The molecule has 0 saturated carbocycles. The quantitative estimate of drug-likeness (QED) is 0.694. The van der Waals surface area contributed by atoms with Crippen molar-refractivity contribution in [1.29, 1.82) is 0 Å². The van der Waals surface area contributed by atoms with Crippen LogP contribution in [0.4, 0.5) is 5.69 Å². The topological polar surface area (TPSA) is 44.5 Å². The van der Waals surface area contributed by atoms with Crippen molar-refractivity contribution in [2.24, 2.45) is 0 Å². The Labute approximate surface area is 78.6 Å². The molecule has 1 aromatic carbocycles. The fourth-order valence-electron chi connectivity index (χ4n) is 1.11. The number of nitrogens with two attached hydrogens (primary N) is 1. The molecule has 1 heterocycles. The van der Waals surface area contributed by atoms with Crippen LogP contribution in [0.2, 0.25) is 0 Å². The summed E-state index contributed by atoms with van der Waals surface area (Å²) in [6.07, 6.45) is 0. The summed E-state index contributed by atoms with van der Waals surface area (Å²) in [5.41, 5.74) is 7.43. The van der Waals surface area contributed by atoms with Crippen LogP contribution in [0.5, 0.6) is 11.5 Å². The third-order valence-electron chi connectivity index (χ3n) is 1.89. The van der Waals surface area contributed by atoms with Gasteiger partial charge in [-0.1, -0.05) is 0 Å². The van der Waals surface area contributed by atoms with Gasteiger partial charge in [-0.25, -0.2) is 0 Å². The molecule has 0 atom stereocenters. The zero-order valence-corrected chi connectivity index (χ0v) is 8.14. The second kappa shape index (κ2) is 2.55. The number of ether oxygens (including phenoxy) is 2. The van der Waals surface area contributed by atoms with Crippen molar-refractivity contribution in [3.05, 3.63) is 16.1 Å². The second-order valence-corrected chi connectivity index (χ2v) is 3.43. The fourth-order valence-corrected chi connectivity index (χ4v) is 1.65. The maximum Gasteiger partial charge on any atom is 0.231 e. The summed E-state index contributed by atoms with van der Waals surface area (Å²) in [4.78, 5) is 0. The molecule has 0 spiro atoms. The van der Waals surface area contributed by atoms with Crippen LogP contribution in [0.3, 0.4) is 0 Å². The Kier molecular flexibility index (Phi) is 1.65. The Morgan fingerprint density at radius 1 is 1.50 bits per heavy atom. The molecule has 4 heteroatoms. The molecule has 0 radical (unpaired) electrons. The monoisotopic (exact) mass is 229 g/mol. The smallest absolute Gasteiger partial charge is 0.231 e. The number of hydrogen-bond donors (Lipinski definition) is 1. The minimum absolute atomic E-state index is 0.275. The van der Waals surface area contributed by atoms with E-state index in [1.807, 2.05) is 6.92 Å². The lowest BCUT2D eigenvalue weighted by Gasteiger charge is -2.05. The van der Waals surface area contributed by atoms with Crippen molar-refractivity contribution in [3.8, 4) is 11.5 Å². The number of halogens is 1. The number of anilines is 1. The van der Waals surface area contributed by atoms with Crippen molar-refractivity contribution < 1.29 is 9.47 Å². The van der Waals surface area contributed by atoms with Gasteiger partial charge < -0.3 is 15.2 Å². The first-order valence-corrected chi connectivity index (χ1v) is 4.33. The second-order valence-electron chi connectivity index (χ2n) is 2.64. The predicted octanol–water partition coefficient (Wildman–Crippen LogP) is 2.07. The van der Waals surface area contributed by atoms with Crippen molar-refractivity contribution in [1.82, 2.24) is 0 Å². The van der Waals surface area contributed by atoms with Crippen LogP contribution in [0.25, 0.3) is 0 Å². The predicted molar refractivity (Wildman–Crippen MR) is 49.4 cm³/mol. The highest BCUT2D eigenvalue weighted by Crippen LogP contribution is 2.43. The average Bonchev–Trinajstić information content (AvgIpc) is 2.48. The molecule has 0 amide bonds. The van der Waals surface area contributed by atoms with Crippen LogP contribution in [-0.4, -0.2) is 6.79 Å². The van der Waals surface area contributed by atoms with Crippen LogP contribution >= 0.6 is 15.9 Å². The molecule has 0 aliphatic carbocycles. The minimum atomic E-state index is 0.275. The zero-order valence-electron chi connectivity index (χ0n) is 6.56. The molecule has 0 fully saturated rings. The van der Waals surface area contributed by atoms with E-state index in [0.29, 0.717) is 11.4 Å². The SMILES string of the molecule is Cc1c(N)cc2c(c1Br)OCO2. The average molecular weight is 230 g/mol. The Morgan fingerprint density at radius 2 is 2.25 bits per heavy atom. The first-order valence-electron chi connectivity index (χ1n) is 3.54. The molecule has 2 N–H and O–H groups in total. The molecule has 2 rings (SSSR count). The van der Waals surface area contributed by atoms with E-state index in [1.165, 1.54) is 0 Å². The van der Waals surface area contributed by atoms with Crippen molar-refractivity contribution in [2.75, 3.05) is 12.5 Å². The Morgan fingerprint density at radius 3 is 3.00 bits per heavy atom. The maximum absolute atomic E-state index is 5.73. The van der Waals surface area contributed by atoms with Crippen LogP contribution in [-0.2, 0) is 0 Å². The summed E-state index contributed by atoms with van der Waals surface area (Å²) in [5, 5.41) is 0. The number of rotatable bonds is 0. The lowest BCUT2D eigenvalue weighted by atomic mass is 10.2. The lowest BCUT2D eigenvalue weighted by Crippen LogP contribution is -1.93. The number of benzene rings is 1. The Balaban J connectivity index is 2.67. The van der Waals surface area contributed by atoms with E-state index < -0.39 is 0 Å². The molecule has 0 unspecified atom stereocenters. The van der Waals surface area contributed by atoms with Gasteiger partial charge in [0, 0.05) is 11.8 Å². The van der Waals surface area contributed by atoms with Gasteiger partial charge in [0.2, 0.25) is 6.79 Å². The summed E-state index contributed by atoms with van der Waals surface area (Å²) in [7, 11) is 0. The number of hydrogen-bond acceptors (Lipinski definition) is 3. The molecular weight excluding hydrogens is 222 g/mol. The summed E-state index contributed by atoms with van der Waals surface area (Å²) in [6.45, 7) is 2.21. The molecule has 0 saturated heterocycles. The minimum Gasteiger partial charge on any atom is -0.453 e. The van der Waals surface area contributed by atoms with Crippen molar-refractivity contribution in [2.45, 2.75) is 6.92 Å². The summed E-state index contributed by atoms with van der Waals surface area (Å²) < 4.78 is 11.3. The van der Waals surface area contributed by atoms with E-state index in [0.717, 1.165) is 15.8 Å². The molecule has 64 valence electrons. The van der Waals surface area contributed by atoms with Crippen LogP contribution < -0.4 is 15.2 Å². The van der Waals surface area contributed by atoms with Crippen LogP contribution in [0, 0.1) is 6.92 Å². The highest BCUT2D eigenvalue weighted by atomic mass is 79.9. The Bertz CT molecular complexity index is 338. The fraction of sp³-hybridized carbons (Fsp3) is 0.250. The molecule has 0 bridgehead atoms. The molecule has 3 nitrogen and oxygen atoms in total. The van der Waals surface area contributed by atoms with Crippen LogP contribution in [0.1, 0.15) is 5.56 Å². The van der Waals surface area contributed by atoms with Gasteiger partial charge >= 0.3 is 0 Å². The number of nitrogen functional groups attached to an aromatic ring is 1. The molecule has 1 aromatic rings. The van der Waals surface area contributed by atoms with Crippen LogP contribution in [0.15, 0.2) is 10.5 Å². The van der Waals surface area contributed by atoms with Gasteiger partial charge in [-0.3, -0.25) is 0 Å². The van der Waals surface area contributed by atoms with E-state index in [-0.39, 0.29) is 6.79 Å². The largest absolute Gasteiger partial charge is 0.453 e. The van der Waals surface area contributed by atoms with E-state index in [4.69, 9.17) is 15.2 Å². The molecule has 1 aliphatic rings. The normalized spacial score (nSPS) is 13.5. The molecule has 12 heavy (non-hydrogen) atoms. The van der Waals surface area contributed by atoms with Crippen molar-refractivity contribution in [3.63, 3.8) is 0 Å². The van der Waals surface area contributed by atoms with Gasteiger partial charge in [0.1, 0.15) is 0 Å². The molecule has 0 aromatic heterocycles. The first-order chi connectivity index (χ1) is 5.70. The van der Waals surface area contributed by atoms with Crippen molar-refractivity contribution >= 4 is 21.6 Å². The van der Waals surface area contributed by atoms with Gasteiger partial charge in [0.05, 0.1) is 4.47 Å². The first kappa shape index (κ1) is 7.73. The number of fused-ring (bicyclic) bond motifs is 1. The lowest BCUT2D eigenvalue weighted by molar-refractivity contribution is 0.173. The van der Waals surface area contributed by atoms with Gasteiger partial charge in [-0.2, -0.15) is 0 Å². The summed E-state index contributed by atoms with van der Waals surface area (Å²) in [5.74, 6) is 1.46. The Hall–Kier alpha value is -0.900. The maximum atomic E-state index is 5.73. The van der Waals surface area contributed by atoms with Gasteiger partial charge in [0.25, 0.3) is 0 Å². The van der Waals surface area contributed by atoms with Gasteiger partial charge in [0.15, 0.2) is 11.5 Å². The molecular formula is C8H8BrNO2. The summed E-state index contributed by atoms with van der Waals surface area (Å²) >= 11 is 3.40. The van der Waals surface area contributed by atoms with E-state index >= 15 is 0 Å². The van der Waals surface area contributed by atoms with E-state index in [1.54, 1.807) is 6.07 Å². The summed E-state index contributed by atoms with van der Waals surface area (Å²) in [6, 6.07) is 1.78. The third-order valence-corrected chi connectivity index (χ3v) is 2.84. The van der Waals surface area contributed by atoms with E-state index in [9.17, 15) is 0 Å². The molecule has 1 aliphatic heterocycles. The third kappa shape index (κ3) is 0.948. The van der Waals surface area contributed by atoms with Gasteiger partial charge in [-0.15, -0.1) is 0 Å².